The van der Waals surface area contributed by atoms with E-state index in [2.05, 4.69) is 14.5 Å². The summed E-state index contributed by atoms with van der Waals surface area (Å²) in [5.41, 5.74) is 0.461. The SMILES string of the molecule is O=C(c1ccc2c(c1)OC(F)(F)O2)c1nccc2ccccc12. The van der Waals surface area contributed by atoms with E-state index in [1.54, 1.807) is 18.2 Å². The third kappa shape index (κ3) is 2.28. The van der Waals surface area contributed by atoms with E-state index in [4.69, 9.17) is 0 Å². The Morgan fingerprint density at radius 2 is 1.78 bits per heavy atom. The van der Waals surface area contributed by atoms with Crippen LogP contribution in [0.15, 0.2) is 54.7 Å². The number of ether oxygens (including phenoxy) is 2. The van der Waals surface area contributed by atoms with E-state index < -0.39 is 6.29 Å². The minimum Gasteiger partial charge on any atom is -0.395 e. The number of nitrogens with zero attached hydrogens (tertiary/aromatic N) is 1. The number of hydrogen-bond donors (Lipinski definition) is 0. The van der Waals surface area contributed by atoms with E-state index in [0.717, 1.165) is 5.39 Å². The van der Waals surface area contributed by atoms with Gasteiger partial charge in [-0.3, -0.25) is 9.78 Å². The second-order valence-electron chi connectivity index (χ2n) is 5.04. The van der Waals surface area contributed by atoms with Crippen LogP contribution in [0, 0.1) is 0 Å². The highest BCUT2D eigenvalue weighted by molar-refractivity contribution is 6.15. The van der Waals surface area contributed by atoms with Gasteiger partial charge in [-0.15, -0.1) is 8.78 Å². The first-order chi connectivity index (χ1) is 11.0. The van der Waals surface area contributed by atoms with Crippen LogP contribution in [-0.2, 0) is 0 Å². The maximum absolute atomic E-state index is 13.1. The summed E-state index contributed by atoms with van der Waals surface area (Å²) >= 11 is 0. The van der Waals surface area contributed by atoms with Gasteiger partial charge in [0.1, 0.15) is 5.69 Å². The van der Waals surface area contributed by atoms with Gasteiger partial charge in [-0.1, -0.05) is 24.3 Å². The number of pyridine rings is 1. The summed E-state index contributed by atoms with van der Waals surface area (Å²) in [6.45, 7) is 0. The van der Waals surface area contributed by atoms with Crippen LogP contribution < -0.4 is 9.47 Å². The zero-order valence-electron chi connectivity index (χ0n) is 11.6. The molecule has 23 heavy (non-hydrogen) atoms. The normalized spacial score (nSPS) is 14.9. The number of benzene rings is 2. The van der Waals surface area contributed by atoms with Crippen molar-refractivity contribution in [3.63, 3.8) is 0 Å². The highest BCUT2D eigenvalue weighted by Gasteiger charge is 2.43. The number of rotatable bonds is 2. The van der Waals surface area contributed by atoms with E-state index >= 15 is 0 Å². The van der Waals surface area contributed by atoms with Crippen LogP contribution in [0.3, 0.4) is 0 Å². The van der Waals surface area contributed by atoms with Crippen molar-refractivity contribution in [2.24, 2.45) is 0 Å². The third-order valence-corrected chi connectivity index (χ3v) is 3.55. The molecule has 0 atom stereocenters. The van der Waals surface area contributed by atoms with Crippen molar-refractivity contribution in [1.82, 2.24) is 4.98 Å². The largest absolute Gasteiger partial charge is 0.586 e. The third-order valence-electron chi connectivity index (χ3n) is 3.55. The molecule has 114 valence electrons. The number of hydrogen-bond acceptors (Lipinski definition) is 4. The lowest BCUT2D eigenvalue weighted by molar-refractivity contribution is -0.286. The molecule has 6 heteroatoms. The average molecular weight is 313 g/mol. The van der Waals surface area contributed by atoms with Crippen molar-refractivity contribution in [2.75, 3.05) is 0 Å². The Bertz CT molecular complexity index is 935. The summed E-state index contributed by atoms with van der Waals surface area (Å²) in [4.78, 5) is 16.8. The van der Waals surface area contributed by atoms with Crippen LogP contribution in [0.25, 0.3) is 10.8 Å². The Hall–Kier alpha value is -3.02. The summed E-state index contributed by atoms with van der Waals surface area (Å²) in [6, 6.07) is 13.1. The van der Waals surface area contributed by atoms with Gasteiger partial charge in [-0.2, -0.15) is 0 Å². The van der Waals surface area contributed by atoms with Crippen molar-refractivity contribution in [3.05, 3.63) is 66.0 Å². The monoisotopic (exact) mass is 313 g/mol. The summed E-state index contributed by atoms with van der Waals surface area (Å²) in [7, 11) is 0. The zero-order valence-corrected chi connectivity index (χ0v) is 11.6. The molecule has 0 aliphatic carbocycles. The van der Waals surface area contributed by atoms with Crippen LogP contribution in [0.1, 0.15) is 16.1 Å². The summed E-state index contributed by atoms with van der Waals surface area (Å²) in [5, 5.41) is 1.57. The van der Waals surface area contributed by atoms with Crippen LogP contribution in [0.2, 0.25) is 0 Å². The van der Waals surface area contributed by atoms with Crippen LogP contribution in [0.4, 0.5) is 8.78 Å². The molecule has 3 aromatic rings. The molecule has 0 amide bonds. The lowest BCUT2D eigenvalue weighted by Crippen LogP contribution is -2.25. The molecule has 1 aliphatic heterocycles. The molecule has 4 rings (SSSR count). The van der Waals surface area contributed by atoms with Crippen LogP contribution in [-0.4, -0.2) is 17.1 Å². The van der Waals surface area contributed by atoms with E-state index in [9.17, 15) is 13.6 Å². The fourth-order valence-electron chi connectivity index (χ4n) is 2.53. The Morgan fingerprint density at radius 1 is 1.00 bits per heavy atom. The molecule has 1 aliphatic rings. The predicted octanol–water partition coefficient (Wildman–Crippen LogP) is 3.79. The van der Waals surface area contributed by atoms with Gasteiger partial charge in [-0.25, -0.2) is 0 Å². The molecule has 0 saturated carbocycles. The second kappa shape index (κ2) is 4.74. The highest BCUT2D eigenvalue weighted by Crippen LogP contribution is 2.41. The van der Waals surface area contributed by atoms with Gasteiger partial charge in [0.15, 0.2) is 11.5 Å². The van der Waals surface area contributed by atoms with Gasteiger partial charge >= 0.3 is 6.29 Å². The molecule has 2 aromatic carbocycles. The van der Waals surface area contributed by atoms with E-state index in [1.165, 1.54) is 24.4 Å². The number of halogens is 2. The minimum absolute atomic E-state index is 0.0996. The second-order valence-corrected chi connectivity index (χ2v) is 5.04. The fraction of sp³-hybridized carbons (Fsp3) is 0.0588. The van der Waals surface area contributed by atoms with Crippen LogP contribution in [0.5, 0.6) is 11.5 Å². The molecule has 0 N–H and O–H groups in total. The maximum Gasteiger partial charge on any atom is 0.586 e. The Morgan fingerprint density at radius 3 is 2.65 bits per heavy atom. The van der Waals surface area contributed by atoms with Gasteiger partial charge in [0, 0.05) is 17.1 Å². The molecule has 2 heterocycles. The molecule has 0 saturated heterocycles. The smallest absolute Gasteiger partial charge is 0.395 e. The quantitative estimate of drug-likeness (QED) is 0.675. The summed E-state index contributed by atoms with van der Waals surface area (Å²) in [6.07, 6.45) is -2.17. The molecule has 0 fully saturated rings. The average Bonchev–Trinajstić information content (AvgIpc) is 2.86. The van der Waals surface area contributed by atoms with Crippen molar-refractivity contribution in [2.45, 2.75) is 6.29 Å². The van der Waals surface area contributed by atoms with Gasteiger partial charge < -0.3 is 9.47 Å². The molecule has 0 spiro atoms. The van der Waals surface area contributed by atoms with Gasteiger partial charge in [0.05, 0.1) is 0 Å². The summed E-state index contributed by atoms with van der Waals surface area (Å²) in [5.74, 6) is -0.637. The zero-order chi connectivity index (χ0) is 16.0. The number of carbonyl (C=O) groups is 1. The lowest BCUT2D eigenvalue weighted by atomic mass is 10.0. The molecule has 0 bridgehead atoms. The van der Waals surface area contributed by atoms with E-state index in [1.807, 2.05) is 12.1 Å². The Balaban J connectivity index is 1.78. The molecule has 4 nitrogen and oxygen atoms in total. The van der Waals surface area contributed by atoms with Gasteiger partial charge in [0.2, 0.25) is 5.78 Å². The Labute approximate surface area is 129 Å². The number of fused-ring (bicyclic) bond motifs is 2. The molecule has 0 radical (unpaired) electrons. The fourth-order valence-corrected chi connectivity index (χ4v) is 2.53. The number of carbonyl (C=O) groups excluding carboxylic acids is 1. The van der Waals surface area contributed by atoms with E-state index in [0.29, 0.717) is 5.39 Å². The standard InChI is InChI=1S/C17H9F2NO3/c18-17(19)22-13-6-5-11(9-14(13)23-17)16(21)15-12-4-2-1-3-10(12)7-8-20-15/h1-9H. The molecule has 0 unspecified atom stereocenters. The van der Waals surface area contributed by atoms with Crippen molar-refractivity contribution < 1.29 is 23.0 Å². The van der Waals surface area contributed by atoms with Crippen molar-refractivity contribution in [1.29, 1.82) is 0 Å². The number of alkyl halides is 2. The predicted molar refractivity (Wildman–Crippen MR) is 77.8 cm³/mol. The first kappa shape index (κ1) is 13.6. The van der Waals surface area contributed by atoms with Crippen molar-refractivity contribution >= 4 is 16.6 Å². The van der Waals surface area contributed by atoms with Crippen LogP contribution >= 0.6 is 0 Å². The minimum atomic E-state index is -3.71. The Kier molecular flexibility index (Phi) is 2.81. The van der Waals surface area contributed by atoms with Gasteiger partial charge in [-0.05, 0) is 29.7 Å². The van der Waals surface area contributed by atoms with Crippen molar-refractivity contribution in [3.8, 4) is 11.5 Å². The highest BCUT2D eigenvalue weighted by atomic mass is 19.3. The first-order valence-electron chi connectivity index (χ1n) is 6.82. The van der Waals surface area contributed by atoms with Gasteiger partial charge in [0.25, 0.3) is 0 Å². The topological polar surface area (TPSA) is 48.4 Å². The maximum atomic E-state index is 13.1. The first-order valence-corrected chi connectivity index (χ1v) is 6.82. The molecule has 1 aromatic heterocycles. The number of ketones is 1. The number of aromatic nitrogens is 1. The molecular weight excluding hydrogens is 304 g/mol. The lowest BCUT2D eigenvalue weighted by Gasteiger charge is -2.05. The molecular formula is C17H9F2NO3. The summed E-state index contributed by atoms with van der Waals surface area (Å²) < 4.78 is 34.8. The van der Waals surface area contributed by atoms with E-state index in [-0.39, 0.29) is 28.5 Å².